The van der Waals surface area contributed by atoms with Crippen molar-refractivity contribution < 1.29 is 9.59 Å². The molecule has 118 valence electrons. The summed E-state index contributed by atoms with van der Waals surface area (Å²) in [4.78, 5) is 27.0. The van der Waals surface area contributed by atoms with E-state index >= 15 is 0 Å². The van der Waals surface area contributed by atoms with E-state index in [1.165, 1.54) is 4.90 Å². The van der Waals surface area contributed by atoms with Gasteiger partial charge in [0.1, 0.15) is 0 Å². The van der Waals surface area contributed by atoms with E-state index in [1.807, 2.05) is 0 Å². The van der Waals surface area contributed by atoms with E-state index in [1.54, 1.807) is 24.3 Å². The average Bonchev–Trinajstić information content (AvgIpc) is 2.59. The smallest absolute Gasteiger partial charge is 0.240 e. The molecule has 1 saturated heterocycles. The first-order valence-corrected chi connectivity index (χ1v) is 8.23. The predicted octanol–water partition coefficient (Wildman–Crippen LogP) is 4.44. The molecule has 4 heteroatoms. The number of hydrogen-bond acceptors (Lipinski definition) is 2. The third kappa shape index (κ3) is 2.56. The van der Waals surface area contributed by atoms with Crippen molar-refractivity contribution in [3.8, 4) is 0 Å². The summed E-state index contributed by atoms with van der Waals surface area (Å²) in [7, 11) is 0. The van der Waals surface area contributed by atoms with Crippen LogP contribution in [0.4, 0.5) is 5.69 Å². The molecule has 1 aliphatic heterocycles. The van der Waals surface area contributed by atoms with Crippen molar-refractivity contribution in [3.05, 3.63) is 29.3 Å². The molecule has 1 aliphatic carbocycles. The van der Waals surface area contributed by atoms with Crippen molar-refractivity contribution >= 4 is 29.1 Å². The molecule has 0 aromatic heterocycles. The van der Waals surface area contributed by atoms with Gasteiger partial charge in [-0.3, -0.25) is 14.5 Å². The highest BCUT2D eigenvalue weighted by Gasteiger charge is 2.56. The van der Waals surface area contributed by atoms with Gasteiger partial charge >= 0.3 is 0 Å². The largest absolute Gasteiger partial charge is 0.274 e. The van der Waals surface area contributed by atoms with Crippen molar-refractivity contribution in [1.29, 1.82) is 0 Å². The molecule has 3 rings (SSSR count). The second-order valence-electron chi connectivity index (χ2n) is 7.82. The molecule has 2 atom stereocenters. The maximum Gasteiger partial charge on any atom is 0.240 e. The summed E-state index contributed by atoms with van der Waals surface area (Å²) in [6.45, 7) is 6.59. The van der Waals surface area contributed by atoms with Crippen LogP contribution in [0, 0.1) is 16.7 Å². The average molecular weight is 320 g/mol. The fraction of sp³-hybridized carbons (Fsp3) is 0.556. The molecule has 0 unspecified atom stereocenters. The van der Waals surface area contributed by atoms with E-state index in [0.29, 0.717) is 23.0 Å². The first-order chi connectivity index (χ1) is 10.2. The number of halogens is 1. The maximum absolute atomic E-state index is 13.1. The fourth-order valence-corrected chi connectivity index (χ4v) is 4.81. The Morgan fingerprint density at radius 1 is 1.14 bits per heavy atom. The van der Waals surface area contributed by atoms with E-state index in [9.17, 15) is 9.59 Å². The van der Waals surface area contributed by atoms with Gasteiger partial charge in [-0.1, -0.05) is 32.4 Å². The third-order valence-electron chi connectivity index (χ3n) is 4.94. The van der Waals surface area contributed by atoms with Gasteiger partial charge in [0.15, 0.2) is 0 Å². The highest BCUT2D eigenvalue weighted by Crippen LogP contribution is 2.54. The van der Waals surface area contributed by atoms with Crippen LogP contribution in [-0.4, -0.2) is 11.8 Å². The summed E-state index contributed by atoms with van der Waals surface area (Å²) in [5, 5.41) is 0.602. The molecule has 1 saturated carbocycles. The molecule has 1 heterocycles. The molecule has 2 amide bonds. The Kier molecular flexibility index (Phi) is 3.59. The zero-order valence-corrected chi connectivity index (χ0v) is 14.1. The first kappa shape index (κ1) is 15.5. The number of anilines is 1. The number of imide groups is 1. The van der Waals surface area contributed by atoms with Crippen molar-refractivity contribution in [2.45, 2.75) is 46.5 Å². The molecule has 0 radical (unpaired) electrons. The van der Waals surface area contributed by atoms with Gasteiger partial charge in [0.05, 0.1) is 11.1 Å². The minimum Gasteiger partial charge on any atom is -0.274 e. The van der Waals surface area contributed by atoms with Gasteiger partial charge in [-0.25, -0.2) is 0 Å². The molecule has 22 heavy (non-hydrogen) atoms. The van der Waals surface area contributed by atoms with Crippen LogP contribution in [-0.2, 0) is 9.59 Å². The summed E-state index contributed by atoms with van der Waals surface area (Å²) in [5.41, 5.74) is 0.217. The standard InChI is InChI=1S/C18H22ClNO2/c1-12-8-17(2,3)11-18(9-12)10-15(21)20(16(18)22)14-6-4-13(19)5-7-14/h4-7,12H,8-11H2,1-3H3/t12-,18+/m1/s1. The quantitative estimate of drug-likeness (QED) is 0.718. The van der Waals surface area contributed by atoms with Crippen molar-refractivity contribution in [2.75, 3.05) is 4.90 Å². The molecule has 1 aromatic rings. The summed E-state index contributed by atoms with van der Waals surface area (Å²) < 4.78 is 0. The second kappa shape index (κ2) is 5.09. The summed E-state index contributed by atoms with van der Waals surface area (Å²) in [6, 6.07) is 6.93. The lowest BCUT2D eigenvalue weighted by molar-refractivity contribution is -0.130. The molecule has 0 bridgehead atoms. The van der Waals surface area contributed by atoms with Gasteiger partial charge in [-0.15, -0.1) is 0 Å². The Morgan fingerprint density at radius 2 is 1.77 bits per heavy atom. The lowest BCUT2D eigenvalue weighted by Gasteiger charge is -2.44. The van der Waals surface area contributed by atoms with Gasteiger partial charge in [0, 0.05) is 11.4 Å². The van der Waals surface area contributed by atoms with Crippen molar-refractivity contribution in [2.24, 2.45) is 16.7 Å². The molecule has 2 fully saturated rings. The van der Waals surface area contributed by atoms with Crippen LogP contribution in [0.3, 0.4) is 0 Å². The van der Waals surface area contributed by atoms with E-state index in [2.05, 4.69) is 20.8 Å². The normalized spacial score (nSPS) is 31.1. The van der Waals surface area contributed by atoms with Crippen LogP contribution in [0.5, 0.6) is 0 Å². The highest BCUT2D eigenvalue weighted by atomic mass is 35.5. The van der Waals surface area contributed by atoms with Crippen LogP contribution in [0.2, 0.25) is 5.02 Å². The first-order valence-electron chi connectivity index (χ1n) is 7.85. The SMILES string of the molecule is C[C@@H]1CC(C)(C)C[C@@]2(CC(=O)N(c3ccc(Cl)cc3)C2=O)C1. The topological polar surface area (TPSA) is 37.4 Å². The summed E-state index contributed by atoms with van der Waals surface area (Å²) >= 11 is 5.90. The molecule has 3 nitrogen and oxygen atoms in total. The van der Waals surface area contributed by atoms with E-state index < -0.39 is 5.41 Å². The minimum absolute atomic E-state index is 0.0283. The summed E-state index contributed by atoms with van der Waals surface area (Å²) in [5.74, 6) is 0.349. The Morgan fingerprint density at radius 3 is 2.36 bits per heavy atom. The zero-order valence-electron chi connectivity index (χ0n) is 13.4. The van der Waals surface area contributed by atoms with Crippen LogP contribution in [0.15, 0.2) is 24.3 Å². The number of hydrogen-bond donors (Lipinski definition) is 0. The maximum atomic E-state index is 13.1. The van der Waals surface area contributed by atoms with Gasteiger partial charge < -0.3 is 0 Å². The predicted molar refractivity (Wildman–Crippen MR) is 87.8 cm³/mol. The number of benzene rings is 1. The number of nitrogens with zero attached hydrogens (tertiary/aromatic N) is 1. The Hall–Kier alpha value is -1.35. The molecular formula is C18H22ClNO2. The molecular weight excluding hydrogens is 298 g/mol. The number of carbonyl (C=O) groups is 2. The molecule has 1 spiro atoms. The van der Waals surface area contributed by atoms with E-state index in [-0.39, 0.29) is 17.2 Å². The number of carbonyl (C=O) groups excluding carboxylic acids is 2. The van der Waals surface area contributed by atoms with Gasteiger partial charge in [0.25, 0.3) is 0 Å². The van der Waals surface area contributed by atoms with Crippen LogP contribution < -0.4 is 4.90 Å². The Balaban J connectivity index is 1.95. The second-order valence-corrected chi connectivity index (χ2v) is 8.26. The fourth-order valence-electron chi connectivity index (χ4n) is 4.69. The lowest BCUT2D eigenvalue weighted by atomic mass is 9.59. The van der Waals surface area contributed by atoms with Crippen LogP contribution in [0.25, 0.3) is 0 Å². The molecule has 0 N–H and O–H groups in total. The Labute approximate surface area is 136 Å². The van der Waals surface area contributed by atoms with Crippen molar-refractivity contribution in [3.63, 3.8) is 0 Å². The van der Waals surface area contributed by atoms with E-state index in [4.69, 9.17) is 11.6 Å². The van der Waals surface area contributed by atoms with E-state index in [0.717, 1.165) is 19.3 Å². The lowest BCUT2D eigenvalue weighted by Crippen LogP contribution is -2.43. The minimum atomic E-state index is -0.516. The number of rotatable bonds is 1. The van der Waals surface area contributed by atoms with Gasteiger partial charge in [0.2, 0.25) is 11.8 Å². The monoisotopic (exact) mass is 319 g/mol. The van der Waals surface area contributed by atoms with Crippen molar-refractivity contribution in [1.82, 2.24) is 0 Å². The summed E-state index contributed by atoms with van der Waals surface area (Å²) in [6.07, 6.45) is 3.05. The Bertz CT molecular complexity index is 622. The zero-order chi connectivity index (χ0) is 16.1. The van der Waals surface area contributed by atoms with Crippen LogP contribution in [0.1, 0.15) is 46.5 Å². The molecule has 1 aromatic carbocycles. The highest BCUT2D eigenvalue weighted by molar-refractivity contribution is 6.30. The van der Waals surface area contributed by atoms with Crippen LogP contribution >= 0.6 is 11.6 Å². The molecule has 2 aliphatic rings. The third-order valence-corrected chi connectivity index (χ3v) is 5.19. The van der Waals surface area contributed by atoms with Gasteiger partial charge in [-0.05, 0) is 54.9 Å². The van der Waals surface area contributed by atoms with Gasteiger partial charge in [-0.2, -0.15) is 0 Å². The number of amides is 2.